The van der Waals surface area contributed by atoms with Gasteiger partial charge in [-0.3, -0.25) is 0 Å². The molecule has 24 aromatic rings. The summed E-state index contributed by atoms with van der Waals surface area (Å²) in [6.07, 6.45) is 0. The molecule has 6 aromatic heterocycles. The van der Waals surface area contributed by atoms with Gasteiger partial charge in [-0.25, -0.2) is 39.9 Å². The van der Waals surface area contributed by atoms with E-state index in [4.69, 9.17) is 48.7 Å². The van der Waals surface area contributed by atoms with Crippen LogP contribution in [0, 0.1) is 0 Å². The number of benzene rings is 18. The van der Waals surface area contributed by atoms with Crippen LogP contribution in [0.5, 0.6) is 0 Å². The molecule has 0 fully saturated rings. The van der Waals surface area contributed by atoms with Crippen LogP contribution in [0.4, 0.5) is 0 Å². The molecular weight excluding hydrogens is 1440 g/mol. The minimum atomic E-state index is 0.590. The Balaban J connectivity index is 0.000000138. The molecule has 0 spiro atoms. The fourth-order valence-electron chi connectivity index (χ4n) is 17.5. The Morgan fingerprint density at radius 2 is 0.415 bits per heavy atom. The molecule has 10 nitrogen and oxygen atoms in total. The van der Waals surface area contributed by atoms with Crippen molar-refractivity contribution < 1.29 is 8.83 Å². The van der Waals surface area contributed by atoms with E-state index in [-0.39, 0.29) is 0 Å². The van der Waals surface area contributed by atoms with Crippen molar-refractivity contribution in [3.05, 3.63) is 388 Å². The van der Waals surface area contributed by atoms with Gasteiger partial charge < -0.3 is 8.83 Å². The molecule has 0 unspecified atom stereocenters. The Bertz CT molecular complexity index is 7990. The molecule has 0 amide bonds. The Morgan fingerprint density at radius 1 is 0.153 bits per heavy atom. The maximum absolute atomic E-state index is 6.88. The van der Waals surface area contributed by atoms with Gasteiger partial charge in [0.15, 0.2) is 34.9 Å². The maximum atomic E-state index is 6.88. The molecule has 0 saturated heterocycles. The van der Waals surface area contributed by atoms with Gasteiger partial charge in [0, 0.05) is 55.3 Å². The summed E-state index contributed by atoms with van der Waals surface area (Å²) in [6.45, 7) is 0. The van der Waals surface area contributed by atoms with Gasteiger partial charge >= 0.3 is 0 Å². The average molecular weight is 1510 g/mol. The molecule has 0 radical (unpaired) electrons. The van der Waals surface area contributed by atoms with Crippen LogP contribution in [0.3, 0.4) is 0 Å². The third-order valence-electron chi connectivity index (χ3n) is 23.0. The highest BCUT2D eigenvalue weighted by Crippen LogP contribution is 2.48. The van der Waals surface area contributed by atoms with Gasteiger partial charge in [-0.05, 0) is 129 Å². The van der Waals surface area contributed by atoms with Crippen LogP contribution in [0.1, 0.15) is 0 Å². The quantitative estimate of drug-likeness (QED) is 0.122. The van der Waals surface area contributed by atoms with Gasteiger partial charge in [-0.15, -0.1) is 0 Å². The number of fused-ring (bicyclic) bond motifs is 22. The van der Waals surface area contributed by atoms with Crippen LogP contribution < -0.4 is 0 Å². The number of furan rings is 2. The summed E-state index contributed by atoms with van der Waals surface area (Å²) in [4.78, 5) is 40.7. The lowest BCUT2D eigenvalue weighted by molar-refractivity contribution is 0.672. The Labute approximate surface area is 676 Å². The van der Waals surface area contributed by atoms with Gasteiger partial charge in [0.2, 0.25) is 0 Å². The van der Waals surface area contributed by atoms with Crippen LogP contribution in [-0.2, 0) is 0 Å². The summed E-state index contributed by atoms with van der Waals surface area (Å²) in [7, 11) is 0. The molecular formula is C108H64N8O2. The summed E-state index contributed by atoms with van der Waals surface area (Å²) in [5, 5.41) is 20.9. The van der Waals surface area contributed by atoms with Crippen molar-refractivity contribution >= 4 is 130 Å². The summed E-state index contributed by atoms with van der Waals surface area (Å²) in [6, 6.07) is 135. The zero-order valence-electron chi connectivity index (χ0n) is 63.3. The average Bonchev–Trinajstić information content (AvgIpc) is 1.55. The highest BCUT2D eigenvalue weighted by molar-refractivity contribution is 6.29. The van der Waals surface area contributed by atoms with E-state index >= 15 is 0 Å². The van der Waals surface area contributed by atoms with Crippen LogP contribution in [0.15, 0.2) is 397 Å². The van der Waals surface area contributed by atoms with Crippen LogP contribution in [0.25, 0.3) is 243 Å². The largest absolute Gasteiger partial charge is 0.455 e. The summed E-state index contributed by atoms with van der Waals surface area (Å²) < 4.78 is 13.7. The van der Waals surface area contributed by atoms with Crippen LogP contribution >= 0.6 is 0 Å². The zero-order chi connectivity index (χ0) is 77.7. The number of pyridine rings is 2. The lowest BCUT2D eigenvalue weighted by atomic mass is 9.91. The monoisotopic (exact) mass is 1500 g/mol. The van der Waals surface area contributed by atoms with Gasteiger partial charge in [-0.1, -0.05) is 346 Å². The molecule has 0 N–H and O–H groups in total. The van der Waals surface area contributed by atoms with E-state index < -0.39 is 0 Å². The van der Waals surface area contributed by atoms with Crippen molar-refractivity contribution in [2.24, 2.45) is 0 Å². The van der Waals surface area contributed by atoms with Gasteiger partial charge in [0.1, 0.15) is 22.3 Å². The first-order valence-corrected chi connectivity index (χ1v) is 39.6. The SMILES string of the molecule is c1ccc(-c2nc(-c3ccccc3)nc(-c3ccc(-c4nc5cccc(-c6ccc7c8ccccc8c8ccccc8c7c6)c5c5oc6ccccc6c45)cc3)n2)cc1.c1ccc(-c2nc(-c3ccccc3)nc(-c3cccc(-c4nc5cccc(-c6ccc7c8ccccc8c8ccccc8c7c6)c5c5oc6ccccc6c45)c3)n2)cc1. The number of rotatable bonds is 10. The van der Waals surface area contributed by atoms with Crippen LogP contribution in [0.2, 0.25) is 0 Å². The van der Waals surface area contributed by atoms with E-state index in [9.17, 15) is 0 Å². The van der Waals surface area contributed by atoms with Crippen molar-refractivity contribution in [3.8, 4) is 113 Å². The Kier molecular flexibility index (Phi) is 16.0. The molecule has 24 rings (SSSR count). The van der Waals surface area contributed by atoms with E-state index in [1.165, 1.54) is 64.6 Å². The number of hydrogen-bond acceptors (Lipinski definition) is 10. The topological polar surface area (TPSA) is 129 Å². The van der Waals surface area contributed by atoms with E-state index in [0.717, 1.165) is 144 Å². The number of nitrogens with zero attached hydrogens (tertiary/aromatic N) is 8. The lowest BCUT2D eigenvalue weighted by Crippen LogP contribution is -2.00. The summed E-state index contributed by atoms with van der Waals surface area (Å²) in [5.41, 5.74) is 18.5. The lowest BCUT2D eigenvalue weighted by Gasteiger charge is -2.14. The highest BCUT2D eigenvalue weighted by Gasteiger charge is 2.26. The molecule has 0 aliphatic carbocycles. The van der Waals surface area contributed by atoms with Crippen molar-refractivity contribution in [1.82, 2.24) is 39.9 Å². The molecule has 0 bridgehead atoms. The second-order valence-corrected chi connectivity index (χ2v) is 29.9. The zero-order valence-corrected chi connectivity index (χ0v) is 63.3. The van der Waals surface area contributed by atoms with E-state index in [1.807, 2.05) is 146 Å². The minimum absolute atomic E-state index is 0.590. The molecule has 548 valence electrons. The van der Waals surface area contributed by atoms with Crippen molar-refractivity contribution in [3.63, 3.8) is 0 Å². The van der Waals surface area contributed by atoms with Gasteiger partial charge in [-0.2, -0.15) is 0 Å². The first-order valence-electron chi connectivity index (χ1n) is 39.6. The molecule has 0 saturated carbocycles. The second kappa shape index (κ2) is 28.0. The summed E-state index contributed by atoms with van der Waals surface area (Å²) in [5.74, 6) is 3.70. The predicted octanol–water partition coefficient (Wildman–Crippen LogP) is 28.2. The van der Waals surface area contributed by atoms with E-state index in [2.05, 4.69) is 243 Å². The molecule has 18 aromatic carbocycles. The third-order valence-corrected chi connectivity index (χ3v) is 23.0. The maximum Gasteiger partial charge on any atom is 0.164 e. The van der Waals surface area contributed by atoms with Crippen molar-refractivity contribution in [2.75, 3.05) is 0 Å². The first kappa shape index (κ1) is 67.6. The Hall–Kier alpha value is -16.0. The third kappa shape index (κ3) is 11.5. The normalized spacial score (nSPS) is 11.7. The second-order valence-electron chi connectivity index (χ2n) is 29.9. The molecule has 0 aliphatic rings. The van der Waals surface area contributed by atoms with E-state index in [1.54, 1.807) is 0 Å². The number of aromatic nitrogens is 8. The van der Waals surface area contributed by atoms with Gasteiger partial charge in [0.05, 0.1) is 44.0 Å². The molecule has 10 heteroatoms. The summed E-state index contributed by atoms with van der Waals surface area (Å²) >= 11 is 0. The van der Waals surface area contributed by atoms with E-state index in [0.29, 0.717) is 34.9 Å². The van der Waals surface area contributed by atoms with Crippen molar-refractivity contribution in [2.45, 2.75) is 0 Å². The smallest absolute Gasteiger partial charge is 0.164 e. The highest BCUT2D eigenvalue weighted by atomic mass is 16.3. The minimum Gasteiger partial charge on any atom is -0.455 e. The Morgan fingerprint density at radius 3 is 0.788 bits per heavy atom. The van der Waals surface area contributed by atoms with Gasteiger partial charge in [0.25, 0.3) is 0 Å². The molecule has 0 atom stereocenters. The van der Waals surface area contributed by atoms with Crippen molar-refractivity contribution in [1.29, 1.82) is 0 Å². The molecule has 6 heterocycles. The fraction of sp³-hybridized carbons (Fsp3) is 0. The fourth-order valence-corrected chi connectivity index (χ4v) is 17.5. The number of hydrogen-bond donors (Lipinski definition) is 0. The standard InChI is InChI=1S/2C54H32N4O/c1-3-15-33(16-4-1)52-56-53(34-17-5-2-6-18-34)58-54(57-52)37-20-13-19-36(31-37)50-49-44-25-11-12-28-47(44)59-51(49)48-38(26-14-27-46(48)55-50)35-29-30-43-41-23-8-7-21-39(41)40-22-9-10-24-42(40)45(43)32-35;1-3-14-34(15-4-1)52-56-53(35-16-5-2-6-17-35)58-54(57-52)36-28-26-33(27-29-36)50-49-44-22-11-12-25-47(44)59-51(49)48-38(23-13-24-46(48)55-50)37-30-31-43-41-20-8-7-18-39(41)40-19-9-10-21-42(40)45(43)32-37/h2*1-32H. The molecule has 0 aliphatic heterocycles. The molecule has 118 heavy (non-hydrogen) atoms. The first-order chi connectivity index (χ1) is 58.5. The predicted molar refractivity (Wildman–Crippen MR) is 484 cm³/mol. The van der Waals surface area contributed by atoms with Crippen LogP contribution in [-0.4, -0.2) is 39.9 Å². The number of para-hydroxylation sites is 2.